The summed E-state index contributed by atoms with van der Waals surface area (Å²) in [5, 5.41) is 10.7. The van der Waals surface area contributed by atoms with Crippen molar-refractivity contribution in [2.24, 2.45) is 0 Å². The summed E-state index contributed by atoms with van der Waals surface area (Å²) in [6.07, 6.45) is 5.42. The summed E-state index contributed by atoms with van der Waals surface area (Å²) >= 11 is 0. The van der Waals surface area contributed by atoms with Crippen LogP contribution in [0.1, 0.15) is 71.1 Å². The molecule has 191 valence electrons. The van der Waals surface area contributed by atoms with Gasteiger partial charge >= 0.3 is 0 Å². The van der Waals surface area contributed by atoms with Gasteiger partial charge in [0.15, 0.2) is 5.78 Å². The van der Waals surface area contributed by atoms with E-state index in [0.717, 1.165) is 27.8 Å². The molecule has 0 fully saturated rings. The zero-order chi connectivity index (χ0) is 25.5. The average molecular weight is 661 g/mol. The molecule has 1 aliphatic rings. The second-order valence-electron chi connectivity index (χ2n) is 10.9. The van der Waals surface area contributed by atoms with Gasteiger partial charge in [0.2, 0.25) is 0 Å². The Kier molecular flexibility index (Phi) is 7.98. The maximum atomic E-state index is 10.0. The monoisotopic (exact) mass is 661 g/mol. The van der Waals surface area contributed by atoms with Crippen LogP contribution in [0.15, 0.2) is 58.8 Å². The molecule has 1 radical (unpaired) electrons. The number of pyridine rings is 1. The molecule has 0 bridgehead atoms. The summed E-state index contributed by atoms with van der Waals surface area (Å²) in [6, 6.07) is 15.7. The fourth-order valence-corrected chi connectivity index (χ4v) is 5.39. The van der Waals surface area contributed by atoms with Gasteiger partial charge in [-0.25, -0.2) is 0 Å². The fourth-order valence-electron chi connectivity index (χ4n) is 5.39. The second kappa shape index (κ2) is 10.3. The third-order valence-electron chi connectivity index (χ3n) is 6.98. The molecule has 4 aromatic rings. The molecule has 5 heteroatoms. The Morgan fingerprint density at radius 2 is 1.69 bits per heavy atom. The first-order valence-corrected chi connectivity index (χ1v) is 12.1. The Labute approximate surface area is 227 Å². The van der Waals surface area contributed by atoms with E-state index in [1.165, 1.54) is 54.8 Å². The van der Waals surface area contributed by atoms with E-state index in [1.54, 1.807) is 0 Å². The van der Waals surface area contributed by atoms with Crippen molar-refractivity contribution < 1.29 is 34.4 Å². The molecule has 2 aromatic carbocycles. The number of benzene rings is 2. The van der Waals surface area contributed by atoms with Crippen molar-refractivity contribution in [1.82, 2.24) is 4.98 Å². The number of aliphatic hydroxyl groups is 1. The Morgan fingerprint density at radius 1 is 1.03 bits per heavy atom. The summed E-state index contributed by atoms with van der Waals surface area (Å²) in [6.45, 7) is 14.6. The van der Waals surface area contributed by atoms with Crippen LogP contribution < -0.4 is 0 Å². The number of aromatic nitrogens is 1. The molecule has 0 saturated heterocycles. The summed E-state index contributed by atoms with van der Waals surface area (Å²) in [7, 11) is 0. The summed E-state index contributed by atoms with van der Waals surface area (Å²) in [5.41, 5.74) is 8.23. The number of carbonyl (C=O) groups excluding carboxylic acids is 1. The number of furan rings is 1. The minimum atomic E-state index is -0.125. The van der Waals surface area contributed by atoms with Crippen molar-refractivity contribution in [2.75, 3.05) is 0 Å². The number of fused-ring (bicyclic) bond motifs is 5. The number of allylic oxidation sites excluding steroid dienone is 2. The predicted octanol–water partition coefficient (Wildman–Crippen LogP) is 8.14. The van der Waals surface area contributed by atoms with Gasteiger partial charge in [-0.05, 0) is 67.7 Å². The molecule has 2 aromatic heterocycles. The van der Waals surface area contributed by atoms with Crippen molar-refractivity contribution >= 4 is 27.7 Å². The van der Waals surface area contributed by atoms with Crippen LogP contribution in [0.3, 0.4) is 0 Å². The van der Waals surface area contributed by atoms with Gasteiger partial charge in [-0.15, -0.1) is 35.9 Å². The van der Waals surface area contributed by atoms with E-state index in [0.29, 0.717) is 0 Å². The molecule has 0 atom stereocenters. The predicted molar refractivity (Wildman–Crippen MR) is 143 cm³/mol. The standard InChI is InChI=1S/C26H26NO.C5H8O2.Ir/c1-16-15-19-18-11-14-27-22(17-9-7-6-8-10-17)24(18)28-23(19)21-20(16)25(2,3)12-13-26(21,4)5;1-4(6)3-5(2)7;/h6-9,11,14-15H,12-13H2,1-5H3;3,6H,1-2H3;/q-1;;/b;4-3-;. The topological polar surface area (TPSA) is 63.3 Å². The van der Waals surface area contributed by atoms with Gasteiger partial charge in [0.1, 0.15) is 11.2 Å². The number of carbonyl (C=O) groups is 1. The molecule has 5 rings (SSSR count). The molecular weight excluding hydrogens is 627 g/mol. The first-order valence-electron chi connectivity index (χ1n) is 12.1. The van der Waals surface area contributed by atoms with E-state index >= 15 is 0 Å². The summed E-state index contributed by atoms with van der Waals surface area (Å²) < 4.78 is 6.64. The van der Waals surface area contributed by atoms with Crippen LogP contribution in [0.25, 0.3) is 33.2 Å². The van der Waals surface area contributed by atoms with Gasteiger partial charge in [0, 0.05) is 54.4 Å². The number of aliphatic hydroxyl groups excluding tert-OH is 1. The number of ketones is 1. The van der Waals surface area contributed by atoms with Crippen molar-refractivity contribution in [2.45, 2.75) is 72.1 Å². The minimum Gasteiger partial charge on any atom is -0.512 e. The first-order chi connectivity index (χ1) is 16.4. The second-order valence-corrected chi connectivity index (χ2v) is 10.9. The van der Waals surface area contributed by atoms with E-state index in [4.69, 9.17) is 9.52 Å². The smallest absolute Gasteiger partial charge is 0.155 e. The van der Waals surface area contributed by atoms with Gasteiger partial charge < -0.3 is 14.5 Å². The third kappa shape index (κ3) is 5.19. The molecule has 1 aliphatic carbocycles. The SMILES string of the molecule is CC(=O)/C=C(/C)O.Cc1cc2c(oc3c(-c4[c-]cccc4)nccc32)c2c1C(C)(C)CCC2(C)C.[Ir]. The summed E-state index contributed by atoms with van der Waals surface area (Å²) in [5.74, 6) is -0.0625. The Hall–Kier alpha value is -2.75. The quantitative estimate of drug-likeness (QED) is 0.134. The number of hydrogen-bond acceptors (Lipinski definition) is 4. The number of hydrogen-bond donors (Lipinski definition) is 1. The van der Waals surface area contributed by atoms with Crippen molar-refractivity contribution in [3.8, 4) is 11.3 Å². The zero-order valence-corrected chi connectivity index (χ0v) is 24.5. The average Bonchev–Trinajstić information content (AvgIpc) is 3.14. The van der Waals surface area contributed by atoms with Crippen LogP contribution in [0.5, 0.6) is 0 Å². The Morgan fingerprint density at radius 3 is 2.25 bits per heavy atom. The first kappa shape index (κ1) is 27.8. The zero-order valence-electron chi connectivity index (χ0n) is 22.1. The number of aryl methyl sites for hydroxylation is 1. The third-order valence-corrected chi connectivity index (χ3v) is 6.98. The molecule has 4 nitrogen and oxygen atoms in total. The van der Waals surface area contributed by atoms with Crippen LogP contribution in [-0.2, 0) is 35.7 Å². The molecule has 2 heterocycles. The van der Waals surface area contributed by atoms with E-state index in [1.807, 2.05) is 30.5 Å². The van der Waals surface area contributed by atoms with E-state index in [2.05, 4.69) is 57.8 Å². The molecular formula is C31H34IrNO3-. The normalized spacial score (nSPS) is 16.0. The fraction of sp³-hybridized carbons (Fsp3) is 0.355. The van der Waals surface area contributed by atoms with Crippen molar-refractivity contribution in [3.05, 3.63) is 77.2 Å². The van der Waals surface area contributed by atoms with Crippen LogP contribution >= 0.6 is 0 Å². The minimum absolute atomic E-state index is 0. The van der Waals surface area contributed by atoms with Gasteiger partial charge in [-0.1, -0.05) is 27.7 Å². The van der Waals surface area contributed by atoms with Crippen molar-refractivity contribution in [3.63, 3.8) is 0 Å². The van der Waals surface area contributed by atoms with Crippen LogP contribution in [0.2, 0.25) is 0 Å². The van der Waals surface area contributed by atoms with Gasteiger partial charge in [0.25, 0.3) is 0 Å². The molecule has 0 aliphatic heterocycles. The molecule has 36 heavy (non-hydrogen) atoms. The maximum Gasteiger partial charge on any atom is 0.155 e. The van der Waals surface area contributed by atoms with Gasteiger partial charge in [0.05, 0.1) is 5.76 Å². The van der Waals surface area contributed by atoms with Crippen molar-refractivity contribution in [1.29, 1.82) is 0 Å². The van der Waals surface area contributed by atoms with Crippen LogP contribution in [-0.4, -0.2) is 15.9 Å². The van der Waals surface area contributed by atoms with Gasteiger partial charge in [-0.2, -0.15) is 0 Å². The van der Waals surface area contributed by atoms with Gasteiger partial charge in [-0.3, -0.25) is 4.79 Å². The van der Waals surface area contributed by atoms with Crippen LogP contribution in [0, 0.1) is 13.0 Å². The number of rotatable bonds is 2. The van der Waals surface area contributed by atoms with Crippen LogP contribution in [0.4, 0.5) is 0 Å². The maximum absolute atomic E-state index is 10.0. The van der Waals surface area contributed by atoms with E-state index < -0.39 is 0 Å². The van der Waals surface area contributed by atoms with E-state index in [-0.39, 0.29) is 42.5 Å². The molecule has 0 saturated carbocycles. The van der Waals surface area contributed by atoms with E-state index in [9.17, 15) is 4.79 Å². The molecule has 0 amide bonds. The Bertz CT molecular complexity index is 1440. The molecule has 0 spiro atoms. The molecule has 1 N–H and O–H groups in total. The number of nitrogens with zero attached hydrogens (tertiary/aromatic N) is 1. The summed E-state index contributed by atoms with van der Waals surface area (Å²) in [4.78, 5) is 14.7. The molecule has 0 unspecified atom stereocenters. The Balaban J connectivity index is 0.000000400. The largest absolute Gasteiger partial charge is 0.512 e.